The number of rotatable bonds is 5. The van der Waals surface area contributed by atoms with Crippen molar-refractivity contribution in [2.75, 3.05) is 18.9 Å². The lowest BCUT2D eigenvalue weighted by Crippen LogP contribution is -2.25. The van der Waals surface area contributed by atoms with E-state index in [9.17, 15) is 4.79 Å². The van der Waals surface area contributed by atoms with Crippen molar-refractivity contribution in [2.45, 2.75) is 19.8 Å². The van der Waals surface area contributed by atoms with Crippen molar-refractivity contribution in [2.24, 2.45) is 0 Å². The first-order chi connectivity index (χ1) is 7.27. The number of aromatic nitrogens is 2. The second-order valence-electron chi connectivity index (χ2n) is 3.15. The third-order valence-electron chi connectivity index (χ3n) is 1.96. The number of hydrogen-bond donors (Lipinski definition) is 2. The summed E-state index contributed by atoms with van der Waals surface area (Å²) in [5.41, 5.74) is 0.352. The minimum atomic E-state index is -0.168. The molecule has 0 spiro atoms. The molecule has 1 heterocycles. The Morgan fingerprint density at radius 1 is 1.40 bits per heavy atom. The zero-order chi connectivity index (χ0) is 11.1. The van der Waals surface area contributed by atoms with Crippen LogP contribution >= 0.6 is 0 Å². The van der Waals surface area contributed by atoms with Crippen LogP contribution in [0.15, 0.2) is 12.4 Å². The van der Waals surface area contributed by atoms with Crippen LogP contribution in [0.25, 0.3) is 0 Å². The normalized spacial score (nSPS) is 9.73. The average molecular weight is 208 g/mol. The first-order valence-electron chi connectivity index (χ1n) is 5.06. The van der Waals surface area contributed by atoms with Crippen molar-refractivity contribution in [1.82, 2.24) is 15.3 Å². The van der Waals surface area contributed by atoms with Gasteiger partial charge in [-0.2, -0.15) is 0 Å². The first-order valence-corrected chi connectivity index (χ1v) is 5.06. The molecule has 0 unspecified atom stereocenters. The molecule has 0 aliphatic carbocycles. The number of carbonyl (C=O) groups is 1. The van der Waals surface area contributed by atoms with Gasteiger partial charge in [-0.1, -0.05) is 13.3 Å². The molecule has 1 aromatic heterocycles. The van der Waals surface area contributed by atoms with Gasteiger partial charge in [0.15, 0.2) is 0 Å². The Kier molecular flexibility index (Phi) is 4.53. The summed E-state index contributed by atoms with van der Waals surface area (Å²) in [6.07, 6.45) is 5.04. The topological polar surface area (TPSA) is 66.9 Å². The van der Waals surface area contributed by atoms with Crippen LogP contribution in [0.1, 0.15) is 30.3 Å². The van der Waals surface area contributed by atoms with Crippen molar-refractivity contribution in [3.8, 4) is 0 Å². The summed E-state index contributed by atoms with van der Waals surface area (Å²) in [6.45, 7) is 2.76. The quantitative estimate of drug-likeness (QED) is 0.710. The van der Waals surface area contributed by atoms with E-state index in [4.69, 9.17) is 0 Å². The van der Waals surface area contributed by atoms with Gasteiger partial charge in [-0.25, -0.2) is 9.97 Å². The molecular weight excluding hydrogens is 192 g/mol. The van der Waals surface area contributed by atoms with E-state index in [0.29, 0.717) is 18.1 Å². The van der Waals surface area contributed by atoms with Crippen LogP contribution in [-0.4, -0.2) is 29.5 Å². The van der Waals surface area contributed by atoms with Crippen LogP contribution in [0, 0.1) is 0 Å². The summed E-state index contributed by atoms with van der Waals surface area (Å²) in [5.74, 6) is 0.485. The second-order valence-corrected chi connectivity index (χ2v) is 3.15. The molecular formula is C10H16N4O. The van der Waals surface area contributed by atoms with Gasteiger partial charge in [0, 0.05) is 13.6 Å². The molecule has 5 nitrogen and oxygen atoms in total. The minimum Gasteiger partial charge on any atom is -0.372 e. The standard InChI is InChI=1S/C10H16N4O/c1-3-4-5-12-10(15)8-6-14-9(11-2)7-13-8/h6-7H,3-5H2,1-2H3,(H,11,14)(H,12,15). The molecule has 0 aliphatic rings. The lowest BCUT2D eigenvalue weighted by atomic mass is 10.3. The van der Waals surface area contributed by atoms with Crippen molar-refractivity contribution in [3.63, 3.8) is 0 Å². The SMILES string of the molecule is CCCCNC(=O)c1cnc(NC)cn1. The monoisotopic (exact) mass is 208 g/mol. The Labute approximate surface area is 89.3 Å². The van der Waals surface area contributed by atoms with E-state index in [0.717, 1.165) is 12.8 Å². The van der Waals surface area contributed by atoms with E-state index in [1.165, 1.54) is 12.4 Å². The van der Waals surface area contributed by atoms with Crippen LogP contribution in [0.3, 0.4) is 0 Å². The van der Waals surface area contributed by atoms with E-state index in [-0.39, 0.29) is 5.91 Å². The van der Waals surface area contributed by atoms with Crippen LogP contribution in [-0.2, 0) is 0 Å². The van der Waals surface area contributed by atoms with Crippen molar-refractivity contribution < 1.29 is 4.79 Å². The maximum Gasteiger partial charge on any atom is 0.271 e. The van der Waals surface area contributed by atoms with E-state index in [1.54, 1.807) is 7.05 Å². The van der Waals surface area contributed by atoms with E-state index >= 15 is 0 Å². The fourth-order valence-electron chi connectivity index (χ4n) is 1.04. The van der Waals surface area contributed by atoms with Gasteiger partial charge in [0.05, 0.1) is 12.4 Å². The predicted molar refractivity (Wildman–Crippen MR) is 58.8 cm³/mol. The highest BCUT2D eigenvalue weighted by Crippen LogP contribution is 1.99. The molecule has 0 fully saturated rings. The Hall–Kier alpha value is -1.65. The van der Waals surface area contributed by atoms with Gasteiger partial charge in [-0.05, 0) is 6.42 Å². The Bertz CT molecular complexity index is 310. The molecule has 1 rings (SSSR count). The van der Waals surface area contributed by atoms with Crippen molar-refractivity contribution in [1.29, 1.82) is 0 Å². The highest BCUT2D eigenvalue weighted by atomic mass is 16.1. The summed E-state index contributed by atoms with van der Waals surface area (Å²) < 4.78 is 0. The average Bonchev–Trinajstić information content (AvgIpc) is 2.29. The van der Waals surface area contributed by atoms with E-state index < -0.39 is 0 Å². The Morgan fingerprint density at radius 3 is 2.73 bits per heavy atom. The van der Waals surface area contributed by atoms with Crippen LogP contribution in [0.5, 0.6) is 0 Å². The summed E-state index contributed by atoms with van der Waals surface area (Å²) in [6, 6.07) is 0. The second kappa shape index (κ2) is 5.95. The summed E-state index contributed by atoms with van der Waals surface area (Å²) >= 11 is 0. The number of hydrogen-bond acceptors (Lipinski definition) is 4. The Morgan fingerprint density at radius 2 is 2.20 bits per heavy atom. The summed E-state index contributed by atoms with van der Waals surface area (Å²) in [4.78, 5) is 19.5. The summed E-state index contributed by atoms with van der Waals surface area (Å²) in [5, 5.41) is 5.62. The number of nitrogens with one attached hydrogen (secondary N) is 2. The van der Waals surface area contributed by atoms with Gasteiger partial charge in [-0.15, -0.1) is 0 Å². The maximum absolute atomic E-state index is 11.5. The van der Waals surface area contributed by atoms with Crippen molar-refractivity contribution >= 4 is 11.7 Å². The number of nitrogens with zero attached hydrogens (tertiary/aromatic N) is 2. The zero-order valence-corrected chi connectivity index (χ0v) is 9.08. The maximum atomic E-state index is 11.5. The highest BCUT2D eigenvalue weighted by molar-refractivity contribution is 5.91. The molecule has 0 saturated heterocycles. The minimum absolute atomic E-state index is 0.168. The number of anilines is 1. The van der Waals surface area contributed by atoms with E-state index in [1.807, 2.05) is 0 Å². The molecule has 5 heteroatoms. The third-order valence-corrected chi connectivity index (χ3v) is 1.96. The highest BCUT2D eigenvalue weighted by Gasteiger charge is 2.06. The van der Waals surface area contributed by atoms with Gasteiger partial charge >= 0.3 is 0 Å². The lowest BCUT2D eigenvalue weighted by Gasteiger charge is -2.03. The van der Waals surface area contributed by atoms with E-state index in [2.05, 4.69) is 27.5 Å². The molecule has 1 amide bonds. The fourth-order valence-corrected chi connectivity index (χ4v) is 1.04. The Balaban J connectivity index is 2.50. The number of unbranched alkanes of at least 4 members (excludes halogenated alkanes) is 1. The molecule has 0 bridgehead atoms. The van der Waals surface area contributed by atoms with Gasteiger partial charge in [0.2, 0.25) is 0 Å². The van der Waals surface area contributed by atoms with Gasteiger partial charge < -0.3 is 10.6 Å². The van der Waals surface area contributed by atoms with Crippen LogP contribution < -0.4 is 10.6 Å². The molecule has 0 atom stereocenters. The first kappa shape index (κ1) is 11.4. The molecule has 0 saturated carbocycles. The van der Waals surface area contributed by atoms with Crippen molar-refractivity contribution in [3.05, 3.63) is 18.1 Å². The number of carbonyl (C=O) groups excluding carboxylic acids is 1. The molecule has 82 valence electrons. The largest absolute Gasteiger partial charge is 0.372 e. The van der Waals surface area contributed by atoms with Gasteiger partial charge in [-0.3, -0.25) is 4.79 Å². The molecule has 0 radical (unpaired) electrons. The number of amides is 1. The molecule has 15 heavy (non-hydrogen) atoms. The summed E-state index contributed by atoms with van der Waals surface area (Å²) in [7, 11) is 1.75. The fraction of sp³-hybridized carbons (Fsp3) is 0.500. The zero-order valence-electron chi connectivity index (χ0n) is 9.08. The van der Waals surface area contributed by atoms with Gasteiger partial charge in [0.1, 0.15) is 11.5 Å². The smallest absolute Gasteiger partial charge is 0.271 e. The molecule has 0 aromatic carbocycles. The molecule has 1 aromatic rings. The predicted octanol–water partition coefficient (Wildman–Crippen LogP) is 1.05. The lowest BCUT2D eigenvalue weighted by molar-refractivity contribution is 0.0948. The van der Waals surface area contributed by atoms with Gasteiger partial charge in [0.25, 0.3) is 5.91 Å². The molecule has 2 N–H and O–H groups in total. The third kappa shape index (κ3) is 3.53. The van der Waals surface area contributed by atoms with Crippen LogP contribution in [0.4, 0.5) is 5.82 Å². The molecule has 0 aliphatic heterocycles. The van der Waals surface area contributed by atoms with Crippen LogP contribution in [0.2, 0.25) is 0 Å².